The van der Waals surface area contributed by atoms with Gasteiger partial charge in [0, 0.05) is 32.7 Å². The maximum atomic E-state index is 12.5. The van der Waals surface area contributed by atoms with Gasteiger partial charge in [-0.1, -0.05) is 35.9 Å². The van der Waals surface area contributed by atoms with Crippen LogP contribution in [0.4, 0.5) is 5.82 Å². The van der Waals surface area contributed by atoms with Crippen molar-refractivity contribution in [3.05, 3.63) is 46.1 Å². The van der Waals surface area contributed by atoms with Crippen molar-refractivity contribution in [1.82, 2.24) is 20.0 Å². The normalized spacial score (nSPS) is 15.7. The molecule has 2 heterocycles. The second-order valence-corrected chi connectivity index (χ2v) is 6.17. The van der Waals surface area contributed by atoms with Crippen molar-refractivity contribution in [3.63, 3.8) is 0 Å². The quantitative estimate of drug-likeness (QED) is 0.767. The molecule has 0 radical (unpaired) electrons. The predicted octanol–water partition coefficient (Wildman–Crippen LogP) is 1.10. The van der Waals surface area contributed by atoms with Gasteiger partial charge in [0.05, 0.1) is 6.61 Å². The summed E-state index contributed by atoms with van der Waals surface area (Å²) >= 11 is 5.99. The molecule has 128 valence electrons. The maximum absolute atomic E-state index is 12.5. The van der Waals surface area contributed by atoms with Crippen LogP contribution in [0.15, 0.2) is 24.3 Å². The van der Waals surface area contributed by atoms with Crippen LogP contribution in [0.25, 0.3) is 0 Å². The van der Waals surface area contributed by atoms with E-state index in [0.717, 1.165) is 30.8 Å². The first kappa shape index (κ1) is 16.8. The number of piperazine rings is 1. The zero-order valence-corrected chi connectivity index (χ0v) is 14.0. The van der Waals surface area contributed by atoms with Gasteiger partial charge in [0.25, 0.3) is 5.91 Å². The number of carbonyl (C=O) groups excluding carboxylic acids is 1. The van der Waals surface area contributed by atoms with E-state index in [-0.39, 0.29) is 29.0 Å². The summed E-state index contributed by atoms with van der Waals surface area (Å²) in [6.45, 7) is 3.52. The van der Waals surface area contributed by atoms with Crippen molar-refractivity contribution < 1.29 is 9.90 Å². The Morgan fingerprint density at radius 3 is 2.50 bits per heavy atom. The van der Waals surface area contributed by atoms with Gasteiger partial charge in [0.15, 0.2) is 5.82 Å². The topological polar surface area (TPSA) is 98.5 Å². The standard InChI is InChI=1S/C16H20ClN5O2/c17-13-14(19-20-15(13)18)16(24)22-7-5-21(6-8-22)9-11-3-1-2-4-12(11)10-23/h1-4,23H,5-10H2,(H3,18,19,20). The number of amides is 1. The van der Waals surface area contributed by atoms with Crippen LogP contribution in [-0.2, 0) is 13.2 Å². The van der Waals surface area contributed by atoms with Gasteiger partial charge in [-0.2, -0.15) is 5.10 Å². The Kier molecular flexibility index (Phi) is 5.03. The molecule has 0 saturated carbocycles. The largest absolute Gasteiger partial charge is 0.392 e. The summed E-state index contributed by atoms with van der Waals surface area (Å²) in [5.41, 5.74) is 7.87. The zero-order valence-electron chi connectivity index (χ0n) is 13.2. The van der Waals surface area contributed by atoms with Gasteiger partial charge >= 0.3 is 0 Å². The van der Waals surface area contributed by atoms with Crippen LogP contribution in [0, 0.1) is 0 Å². The Labute approximate surface area is 145 Å². The molecule has 4 N–H and O–H groups in total. The molecule has 1 aliphatic rings. The number of aliphatic hydroxyl groups excluding tert-OH is 1. The number of carbonyl (C=O) groups is 1. The molecule has 0 spiro atoms. The number of aromatic nitrogens is 2. The van der Waals surface area contributed by atoms with E-state index in [4.69, 9.17) is 17.3 Å². The summed E-state index contributed by atoms with van der Waals surface area (Å²) in [5.74, 6) is -0.0427. The third-order valence-corrected chi connectivity index (χ3v) is 4.67. The third kappa shape index (κ3) is 3.38. The van der Waals surface area contributed by atoms with E-state index < -0.39 is 0 Å². The van der Waals surface area contributed by atoms with Crippen molar-refractivity contribution in [2.75, 3.05) is 31.9 Å². The number of hydrogen-bond donors (Lipinski definition) is 3. The van der Waals surface area contributed by atoms with Gasteiger partial charge in [-0.15, -0.1) is 0 Å². The van der Waals surface area contributed by atoms with Gasteiger partial charge in [-0.3, -0.25) is 14.8 Å². The molecule has 0 unspecified atom stereocenters. The third-order valence-electron chi connectivity index (χ3n) is 4.29. The average Bonchev–Trinajstić information content (AvgIpc) is 2.94. The number of benzene rings is 1. The van der Waals surface area contributed by atoms with Crippen molar-refractivity contribution in [2.24, 2.45) is 0 Å². The first-order chi connectivity index (χ1) is 11.6. The average molecular weight is 350 g/mol. The molecule has 24 heavy (non-hydrogen) atoms. The number of halogens is 1. The number of nitrogens with zero attached hydrogens (tertiary/aromatic N) is 3. The molecule has 0 bridgehead atoms. The molecule has 1 amide bonds. The van der Waals surface area contributed by atoms with E-state index in [1.54, 1.807) is 4.90 Å². The molecule has 0 atom stereocenters. The highest BCUT2D eigenvalue weighted by molar-refractivity contribution is 6.35. The lowest BCUT2D eigenvalue weighted by Gasteiger charge is -2.34. The van der Waals surface area contributed by atoms with Gasteiger partial charge in [0.1, 0.15) is 10.7 Å². The van der Waals surface area contributed by atoms with E-state index in [0.29, 0.717) is 13.1 Å². The second-order valence-electron chi connectivity index (χ2n) is 5.79. The number of nitrogens with two attached hydrogens (primary N) is 1. The van der Waals surface area contributed by atoms with Crippen LogP contribution in [-0.4, -0.2) is 57.2 Å². The summed E-state index contributed by atoms with van der Waals surface area (Å²) in [6.07, 6.45) is 0. The first-order valence-corrected chi connectivity index (χ1v) is 8.16. The number of H-pyrrole nitrogens is 1. The van der Waals surface area contributed by atoms with Crippen LogP contribution < -0.4 is 5.73 Å². The molecule has 1 aliphatic heterocycles. The highest BCUT2D eigenvalue weighted by Gasteiger charge is 2.26. The molecule has 0 aliphatic carbocycles. The van der Waals surface area contributed by atoms with Crippen molar-refractivity contribution in [1.29, 1.82) is 0 Å². The van der Waals surface area contributed by atoms with Crippen LogP contribution >= 0.6 is 11.6 Å². The number of aromatic amines is 1. The lowest BCUT2D eigenvalue weighted by molar-refractivity contribution is 0.0622. The minimum Gasteiger partial charge on any atom is -0.392 e. The van der Waals surface area contributed by atoms with E-state index in [1.807, 2.05) is 24.3 Å². The predicted molar refractivity (Wildman–Crippen MR) is 91.6 cm³/mol. The van der Waals surface area contributed by atoms with Crippen LogP contribution in [0.2, 0.25) is 5.02 Å². The summed E-state index contributed by atoms with van der Waals surface area (Å²) in [6, 6.07) is 7.85. The van der Waals surface area contributed by atoms with Crippen LogP contribution in [0.5, 0.6) is 0 Å². The fourth-order valence-electron chi connectivity index (χ4n) is 2.86. The fraction of sp³-hybridized carbons (Fsp3) is 0.375. The Morgan fingerprint density at radius 2 is 1.92 bits per heavy atom. The lowest BCUT2D eigenvalue weighted by Crippen LogP contribution is -2.48. The summed E-state index contributed by atoms with van der Waals surface area (Å²) in [5, 5.41) is 16.0. The van der Waals surface area contributed by atoms with E-state index in [1.165, 1.54) is 0 Å². The van der Waals surface area contributed by atoms with Gasteiger partial charge in [-0.25, -0.2) is 0 Å². The Morgan fingerprint density at radius 1 is 1.25 bits per heavy atom. The second kappa shape index (κ2) is 7.21. The highest BCUT2D eigenvalue weighted by Crippen LogP contribution is 2.22. The molecule has 1 aromatic heterocycles. The van der Waals surface area contributed by atoms with E-state index in [2.05, 4.69) is 15.1 Å². The van der Waals surface area contributed by atoms with E-state index >= 15 is 0 Å². The molecule has 1 saturated heterocycles. The fourth-order valence-corrected chi connectivity index (χ4v) is 3.02. The molecular weight excluding hydrogens is 330 g/mol. The van der Waals surface area contributed by atoms with Crippen molar-refractivity contribution in [3.8, 4) is 0 Å². The molecule has 8 heteroatoms. The number of anilines is 1. The van der Waals surface area contributed by atoms with E-state index in [9.17, 15) is 9.90 Å². The van der Waals surface area contributed by atoms with Crippen molar-refractivity contribution in [2.45, 2.75) is 13.2 Å². The van der Waals surface area contributed by atoms with Gasteiger partial charge < -0.3 is 15.7 Å². The van der Waals surface area contributed by atoms with Gasteiger partial charge in [0.2, 0.25) is 0 Å². The SMILES string of the molecule is Nc1n[nH]c(C(=O)N2CCN(Cc3ccccc3CO)CC2)c1Cl. The van der Waals surface area contributed by atoms with Crippen molar-refractivity contribution >= 4 is 23.3 Å². The minimum absolute atomic E-state index is 0.0361. The Balaban J connectivity index is 1.60. The Bertz CT molecular complexity index is 725. The highest BCUT2D eigenvalue weighted by atomic mass is 35.5. The number of aliphatic hydroxyl groups is 1. The molecule has 1 fully saturated rings. The molecule has 2 aromatic rings. The Hall–Kier alpha value is -2.09. The van der Waals surface area contributed by atoms with Crippen LogP contribution in [0.3, 0.4) is 0 Å². The van der Waals surface area contributed by atoms with Gasteiger partial charge in [-0.05, 0) is 11.1 Å². The lowest BCUT2D eigenvalue weighted by atomic mass is 10.1. The number of nitrogens with one attached hydrogen (secondary N) is 1. The molecular formula is C16H20ClN5O2. The smallest absolute Gasteiger partial charge is 0.273 e. The monoisotopic (exact) mass is 349 g/mol. The van der Waals surface area contributed by atoms with Crippen LogP contribution in [0.1, 0.15) is 21.6 Å². The number of hydrogen-bond acceptors (Lipinski definition) is 5. The number of nitrogen functional groups attached to an aromatic ring is 1. The summed E-state index contributed by atoms with van der Waals surface area (Å²) < 4.78 is 0. The minimum atomic E-state index is -0.181. The number of rotatable bonds is 4. The molecule has 1 aromatic carbocycles. The first-order valence-electron chi connectivity index (χ1n) is 7.78. The summed E-state index contributed by atoms with van der Waals surface area (Å²) in [4.78, 5) is 16.5. The maximum Gasteiger partial charge on any atom is 0.273 e. The molecule has 3 rings (SSSR count). The summed E-state index contributed by atoms with van der Waals surface area (Å²) in [7, 11) is 0. The zero-order chi connectivity index (χ0) is 17.1. The molecule has 7 nitrogen and oxygen atoms in total.